The highest BCUT2D eigenvalue weighted by atomic mass is 32.2. The van der Waals surface area contributed by atoms with E-state index in [9.17, 15) is 16.8 Å². The van der Waals surface area contributed by atoms with Crippen molar-refractivity contribution in [2.24, 2.45) is 0 Å². The van der Waals surface area contributed by atoms with E-state index in [1.807, 2.05) is 74.5 Å². The third kappa shape index (κ3) is 6.46. The Bertz CT molecular complexity index is 2200. The van der Waals surface area contributed by atoms with E-state index in [-0.39, 0.29) is 20.9 Å². The van der Waals surface area contributed by atoms with Crippen LogP contribution in [-0.4, -0.2) is 61.0 Å². The number of hydrogen-bond donors (Lipinski definition) is 0. The molecule has 0 spiro atoms. The summed E-state index contributed by atoms with van der Waals surface area (Å²) >= 11 is 0. The summed E-state index contributed by atoms with van der Waals surface area (Å²) in [5.74, 6) is 0. The number of aromatic nitrogens is 6. The van der Waals surface area contributed by atoms with E-state index >= 15 is 0 Å². The Morgan fingerprint density at radius 2 is 0.917 bits per heavy atom. The standard InChI is InChI=1S/C34H30N6O6S2/c1-23-33(27-11-7-5-8-12-27)37-39(35-23)29-19-17-25(31(21-29)47(41,42)45-3)15-16-26-18-20-30(22-32(26)48(43,44)46-4)40-36-24(2)34(38-40)28-13-9-6-10-14-28/h5-22H,1-4H3. The van der Waals surface area contributed by atoms with Gasteiger partial charge in [0, 0.05) is 11.1 Å². The maximum atomic E-state index is 13.1. The van der Waals surface area contributed by atoms with E-state index in [1.54, 1.807) is 24.3 Å². The first kappa shape index (κ1) is 32.7. The van der Waals surface area contributed by atoms with Crippen LogP contribution in [0, 0.1) is 13.8 Å². The Hall–Kier alpha value is -5.28. The largest absolute Gasteiger partial charge is 0.297 e. The Morgan fingerprint density at radius 3 is 1.27 bits per heavy atom. The van der Waals surface area contributed by atoms with E-state index in [1.165, 1.54) is 33.9 Å². The fourth-order valence-electron chi connectivity index (χ4n) is 5.08. The third-order valence-corrected chi connectivity index (χ3v) is 10.2. The van der Waals surface area contributed by atoms with Crippen molar-refractivity contribution in [2.75, 3.05) is 14.2 Å². The summed E-state index contributed by atoms with van der Waals surface area (Å²) in [6.07, 6.45) is 2.97. The topological polar surface area (TPSA) is 148 Å². The first-order valence-corrected chi connectivity index (χ1v) is 17.4. The molecule has 2 aromatic heterocycles. The molecule has 0 saturated heterocycles. The molecule has 0 aliphatic heterocycles. The van der Waals surface area contributed by atoms with Gasteiger partial charge in [0.25, 0.3) is 20.2 Å². The molecular weight excluding hydrogens is 653 g/mol. The van der Waals surface area contributed by atoms with E-state index in [2.05, 4.69) is 20.4 Å². The van der Waals surface area contributed by atoms with Crippen LogP contribution in [0.1, 0.15) is 22.5 Å². The van der Waals surface area contributed by atoms with Crippen LogP contribution < -0.4 is 0 Å². The average Bonchev–Trinajstić information content (AvgIpc) is 3.70. The molecule has 14 heteroatoms. The predicted octanol–water partition coefficient (Wildman–Crippen LogP) is 5.64. The molecule has 0 fully saturated rings. The molecule has 0 aliphatic carbocycles. The van der Waals surface area contributed by atoms with Gasteiger partial charge in [0.05, 0.1) is 37.0 Å². The Kier molecular flexibility index (Phi) is 8.90. The van der Waals surface area contributed by atoms with E-state index in [4.69, 9.17) is 8.37 Å². The quantitative estimate of drug-likeness (QED) is 0.131. The lowest BCUT2D eigenvalue weighted by molar-refractivity contribution is 0.396. The molecule has 0 bridgehead atoms. The minimum Gasteiger partial charge on any atom is -0.270 e. The lowest BCUT2D eigenvalue weighted by atomic mass is 10.1. The predicted molar refractivity (Wildman–Crippen MR) is 180 cm³/mol. The highest BCUT2D eigenvalue weighted by Gasteiger charge is 2.22. The molecule has 6 rings (SSSR count). The van der Waals surface area contributed by atoms with Gasteiger partial charge in [-0.3, -0.25) is 8.37 Å². The molecule has 6 aromatic rings. The van der Waals surface area contributed by atoms with Crippen molar-refractivity contribution in [3.8, 4) is 33.9 Å². The number of hydrogen-bond acceptors (Lipinski definition) is 10. The third-order valence-electron chi connectivity index (χ3n) is 7.53. The molecule has 12 nitrogen and oxygen atoms in total. The van der Waals surface area contributed by atoms with Crippen molar-refractivity contribution in [2.45, 2.75) is 23.6 Å². The van der Waals surface area contributed by atoms with Gasteiger partial charge in [0.1, 0.15) is 21.2 Å². The summed E-state index contributed by atoms with van der Waals surface area (Å²) in [5.41, 5.74) is 5.63. The van der Waals surface area contributed by atoms with Crippen molar-refractivity contribution >= 4 is 32.4 Å². The van der Waals surface area contributed by atoms with Crippen LogP contribution in [0.3, 0.4) is 0 Å². The Morgan fingerprint density at radius 1 is 0.542 bits per heavy atom. The average molecular weight is 683 g/mol. The van der Waals surface area contributed by atoms with Gasteiger partial charge in [-0.05, 0) is 49.2 Å². The Balaban J connectivity index is 1.39. The summed E-state index contributed by atoms with van der Waals surface area (Å²) in [7, 11) is -6.30. The molecule has 0 atom stereocenters. The van der Waals surface area contributed by atoms with E-state index in [0.717, 1.165) is 25.3 Å². The maximum absolute atomic E-state index is 13.1. The second kappa shape index (κ2) is 13.1. The van der Waals surface area contributed by atoms with Gasteiger partial charge in [-0.25, -0.2) is 0 Å². The minimum atomic E-state index is -4.21. The summed E-state index contributed by atoms with van der Waals surface area (Å²) in [4.78, 5) is 2.39. The van der Waals surface area contributed by atoms with E-state index < -0.39 is 20.2 Å². The molecular formula is C34H30N6O6S2. The zero-order valence-corrected chi connectivity index (χ0v) is 28.0. The van der Waals surface area contributed by atoms with Crippen molar-refractivity contribution in [1.29, 1.82) is 0 Å². The zero-order valence-electron chi connectivity index (χ0n) is 26.3. The van der Waals surface area contributed by atoms with Gasteiger partial charge in [0.2, 0.25) is 0 Å². The monoisotopic (exact) mass is 682 g/mol. The molecule has 244 valence electrons. The summed E-state index contributed by atoms with van der Waals surface area (Å²) < 4.78 is 62.0. The molecule has 4 aromatic carbocycles. The van der Waals surface area contributed by atoms with Crippen LogP contribution in [0.5, 0.6) is 0 Å². The van der Waals surface area contributed by atoms with Crippen molar-refractivity contribution in [1.82, 2.24) is 30.0 Å². The fraction of sp³-hybridized carbons (Fsp3) is 0.118. The number of benzene rings is 4. The first-order chi connectivity index (χ1) is 23.0. The normalized spacial score (nSPS) is 12.2. The van der Waals surface area contributed by atoms with Crippen LogP contribution in [0.4, 0.5) is 0 Å². The molecule has 0 unspecified atom stereocenters. The molecule has 0 aliphatic rings. The highest BCUT2D eigenvalue weighted by molar-refractivity contribution is 7.87. The zero-order chi connectivity index (χ0) is 34.1. The van der Waals surface area contributed by atoms with Gasteiger partial charge in [0.15, 0.2) is 0 Å². The van der Waals surface area contributed by atoms with Crippen LogP contribution in [0.25, 0.3) is 46.0 Å². The van der Waals surface area contributed by atoms with Crippen LogP contribution >= 0.6 is 0 Å². The highest BCUT2D eigenvalue weighted by Crippen LogP contribution is 2.29. The van der Waals surface area contributed by atoms with E-state index in [0.29, 0.717) is 34.2 Å². The van der Waals surface area contributed by atoms with Gasteiger partial charge in [-0.1, -0.05) is 84.9 Å². The molecule has 48 heavy (non-hydrogen) atoms. The Labute approximate surface area is 278 Å². The molecule has 2 heterocycles. The number of aryl methyl sites for hydroxylation is 2. The van der Waals surface area contributed by atoms with Gasteiger partial charge < -0.3 is 0 Å². The smallest absolute Gasteiger partial charge is 0.270 e. The summed E-state index contributed by atoms with van der Waals surface area (Å²) in [5, 5.41) is 18.2. The molecule has 0 saturated carbocycles. The number of nitrogens with zero attached hydrogens (tertiary/aromatic N) is 6. The van der Waals surface area contributed by atoms with Gasteiger partial charge >= 0.3 is 0 Å². The van der Waals surface area contributed by atoms with Crippen molar-refractivity contribution < 1.29 is 25.2 Å². The summed E-state index contributed by atoms with van der Waals surface area (Å²) in [6, 6.07) is 28.3. The van der Waals surface area contributed by atoms with Crippen molar-refractivity contribution in [3.05, 3.63) is 120 Å². The second-order valence-electron chi connectivity index (χ2n) is 10.6. The molecule has 0 amide bonds. The maximum Gasteiger partial charge on any atom is 0.297 e. The van der Waals surface area contributed by atoms with Crippen molar-refractivity contribution in [3.63, 3.8) is 0 Å². The summed E-state index contributed by atoms with van der Waals surface area (Å²) in [6.45, 7) is 3.64. The van der Waals surface area contributed by atoms with Crippen LogP contribution in [0.2, 0.25) is 0 Å². The first-order valence-electron chi connectivity index (χ1n) is 14.6. The van der Waals surface area contributed by atoms with Crippen LogP contribution in [-0.2, 0) is 28.6 Å². The lowest BCUT2D eigenvalue weighted by Crippen LogP contribution is -2.08. The molecule has 0 N–H and O–H groups in total. The second-order valence-corrected chi connectivity index (χ2v) is 14.0. The fourth-order valence-corrected chi connectivity index (χ4v) is 6.82. The van der Waals surface area contributed by atoms with Crippen LogP contribution in [0.15, 0.2) is 107 Å². The number of rotatable bonds is 10. The lowest BCUT2D eigenvalue weighted by Gasteiger charge is -2.10. The molecule has 0 radical (unpaired) electrons. The SMILES string of the molecule is COS(=O)(=O)c1cc(-n2nc(C)c(-c3ccccc3)n2)ccc1C=Cc1ccc(-n2nc(C)c(-c3ccccc3)n2)cc1S(=O)(=O)OC. The minimum absolute atomic E-state index is 0.160. The van der Waals surface area contributed by atoms with Gasteiger partial charge in [-0.15, -0.1) is 10.2 Å². The van der Waals surface area contributed by atoms with Gasteiger partial charge in [-0.2, -0.15) is 36.6 Å².